The van der Waals surface area contributed by atoms with Gasteiger partial charge in [0.25, 0.3) is 0 Å². The van der Waals surface area contributed by atoms with Crippen molar-refractivity contribution in [3.8, 4) is 5.69 Å². The summed E-state index contributed by atoms with van der Waals surface area (Å²) in [6, 6.07) is 8.75. The first-order valence-electron chi connectivity index (χ1n) is 6.60. The third-order valence-corrected chi connectivity index (χ3v) is 3.05. The van der Waals surface area contributed by atoms with Crippen molar-refractivity contribution in [1.29, 1.82) is 0 Å². The van der Waals surface area contributed by atoms with Gasteiger partial charge in [-0.3, -0.25) is 0 Å². The fourth-order valence-corrected chi connectivity index (χ4v) is 1.99. The van der Waals surface area contributed by atoms with Crippen molar-refractivity contribution in [3.63, 3.8) is 0 Å². The van der Waals surface area contributed by atoms with Crippen LogP contribution in [0.4, 0.5) is 0 Å². The first kappa shape index (κ1) is 12.8. The molecule has 0 atom stereocenters. The lowest BCUT2D eigenvalue weighted by atomic mass is 10.1. The first-order chi connectivity index (χ1) is 8.83. The van der Waals surface area contributed by atoms with Gasteiger partial charge in [-0.2, -0.15) is 0 Å². The Morgan fingerprint density at radius 1 is 1.22 bits per heavy atom. The van der Waals surface area contributed by atoms with E-state index in [0.29, 0.717) is 0 Å². The van der Waals surface area contributed by atoms with Crippen LogP contribution in [0.25, 0.3) is 5.69 Å². The average molecular weight is 243 g/mol. The molecule has 2 aromatic rings. The van der Waals surface area contributed by atoms with E-state index in [2.05, 4.69) is 52.3 Å². The Balaban J connectivity index is 2.07. The van der Waals surface area contributed by atoms with Gasteiger partial charge in [0.1, 0.15) is 0 Å². The van der Waals surface area contributed by atoms with Crippen molar-refractivity contribution in [2.24, 2.45) is 0 Å². The molecule has 0 aliphatic rings. The SMILES string of the molecule is CCCCc1ccc(-n2cnc(CNC)c2)cc1. The molecule has 1 aromatic carbocycles. The van der Waals surface area contributed by atoms with Gasteiger partial charge in [-0.15, -0.1) is 0 Å². The number of hydrogen-bond donors (Lipinski definition) is 1. The quantitative estimate of drug-likeness (QED) is 0.845. The number of hydrogen-bond acceptors (Lipinski definition) is 2. The summed E-state index contributed by atoms with van der Waals surface area (Å²) in [5.41, 5.74) is 3.65. The maximum absolute atomic E-state index is 4.35. The molecule has 0 amide bonds. The van der Waals surface area contributed by atoms with Gasteiger partial charge in [-0.1, -0.05) is 25.5 Å². The van der Waals surface area contributed by atoms with Gasteiger partial charge in [0.05, 0.1) is 12.0 Å². The Labute approximate surface area is 109 Å². The number of nitrogens with one attached hydrogen (secondary N) is 1. The fraction of sp³-hybridized carbons (Fsp3) is 0.400. The van der Waals surface area contributed by atoms with Gasteiger partial charge in [0, 0.05) is 18.4 Å². The first-order valence-corrected chi connectivity index (χ1v) is 6.60. The normalized spacial score (nSPS) is 10.8. The van der Waals surface area contributed by atoms with E-state index in [4.69, 9.17) is 0 Å². The molecule has 3 heteroatoms. The lowest BCUT2D eigenvalue weighted by Gasteiger charge is -2.04. The average Bonchev–Trinajstić information content (AvgIpc) is 2.86. The van der Waals surface area contributed by atoms with Crippen molar-refractivity contribution in [1.82, 2.24) is 14.9 Å². The third-order valence-electron chi connectivity index (χ3n) is 3.05. The molecule has 1 heterocycles. The number of benzene rings is 1. The summed E-state index contributed by atoms with van der Waals surface area (Å²) < 4.78 is 2.07. The van der Waals surface area contributed by atoms with E-state index in [9.17, 15) is 0 Å². The van der Waals surface area contributed by atoms with Crippen molar-refractivity contribution in [2.75, 3.05) is 7.05 Å². The molecule has 0 aliphatic carbocycles. The summed E-state index contributed by atoms with van der Waals surface area (Å²) in [6.07, 6.45) is 7.62. The topological polar surface area (TPSA) is 29.9 Å². The maximum atomic E-state index is 4.35. The fourth-order valence-electron chi connectivity index (χ4n) is 1.99. The van der Waals surface area contributed by atoms with Gasteiger partial charge in [-0.05, 0) is 37.6 Å². The number of unbranched alkanes of at least 4 members (excludes halogenated alkanes) is 1. The van der Waals surface area contributed by atoms with Gasteiger partial charge < -0.3 is 9.88 Å². The zero-order valence-electron chi connectivity index (χ0n) is 11.2. The minimum Gasteiger partial charge on any atom is -0.314 e. The highest BCUT2D eigenvalue weighted by Gasteiger charge is 2.00. The van der Waals surface area contributed by atoms with E-state index in [1.807, 2.05) is 13.4 Å². The molecule has 1 aromatic heterocycles. The molecule has 0 bridgehead atoms. The molecule has 3 nitrogen and oxygen atoms in total. The van der Waals surface area contributed by atoms with Crippen LogP contribution in [-0.2, 0) is 13.0 Å². The van der Waals surface area contributed by atoms with Crippen LogP contribution in [0.3, 0.4) is 0 Å². The number of aromatic nitrogens is 2. The number of aryl methyl sites for hydroxylation is 1. The molecule has 18 heavy (non-hydrogen) atoms. The number of nitrogens with zero attached hydrogens (tertiary/aromatic N) is 2. The van der Waals surface area contributed by atoms with E-state index >= 15 is 0 Å². The van der Waals surface area contributed by atoms with Gasteiger partial charge in [0.15, 0.2) is 0 Å². The Bertz CT molecular complexity index is 471. The summed E-state index contributed by atoms with van der Waals surface area (Å²) in [5, 5.41) is 3.11. The molecule has 0 saturated heterocycles. The maximum Gasteiger partial charge on any atom is 0.0995 e. The van der Waals surface area contributed by atoms with Crippen LogP contribution in [0.5, 0.6) is 0 Å². The predicted molar refractivity (Wildman–Crippen MR) is 74.9 cm³/mol. The van der Waals surface area contributed by atoms with E-state index in [1.165, 1.54) is 30.5 Å². The standard InChI is InChI=1S/C15H21N3/c1-3-4-5-13-6-8-15(9-7-13)18-11-14(10-16-2)17-12-18/h6-9,11-12,16H,3-5,10H2,1-2H3. The minimum absolute atomic E-state index is 0.807. The monoisotopic (exact) mass is 243 g/mol. The van der Waals surface area contributed by atoms with Crippen molar-refractivity contribution < 1.29 is 0 Å². The van der Waals surface area contributed by atoms with Gasteiger partial charge >= 0.3 is 0 Å². The van der Waals surface area contributed by atoms with Crippen LogP contribution < -0.4 is 5.32 Å². The Morgan fingerprint density at radius 2 is 2.00 bits per heavy atom. The Morgan fingerprint density at radius 3 is 2.67 bits per heavy atom. The van der Waals surface area contributed by atoms with Crippen molar-refractivity contribution in [3.05, 3.63) is 48.0 Å². The molecule has 0 unspecified atom stereocenters. The molecule has 2 rings (SSSR count). The molecule has 0 saturated carbocycles. The molecule has 1 N–H and O–H groups in total. The zero-order chi connectivity index (χ0) is 12.8. The second kappa shape index (κ2) is 6.36. The van der Waals surface area contributed by atoms with Crippen LogP contribution in [0, 0.1) is 0 Å². The summed E-state index contributed by atoms with van der Waals surface area (Å²) in [4.78, 5) is 4.35. The number of imidazole rings is 1. The predicted octanol–water partition coefficient (Wildman–Crippen LogP) is 2.93. The number of rotatable bonds is 6. The summed E-state index contributed by atoms with van der Waals surface area (Å²) in [6.45, 7) is 3.03. The molecule has 0 radical (unpaired) electrons. The Hall–Kier alpha value is -1.61. The lowest BCUT2D eigenvalue weighted by molar-refractivity contribution is 0.794. The minimum atomic E-state index is 0.807. The largest absolute Gasteiger partial charge is 0.314 e. The van der Waals surface area contributed by atoms with Crippen molar-refractivity contribution >= 4 is 0 Å². The summed E-state index contributed by atoms with van der Waals surface area (Å²) in [7, 11) is 1.93. The van der Waals surface area contributed by atoms with E-state index in [-0.39, 0.29) is 0 Å². The zero-order valence-corrected chi connectivity index (χ0v) is 11.2. The van der Waals surface area contributed by atoms with Crippen LogP contribution in [0.1, 0.15) is 31.0 Å². The third kappa shape index (κ3) is 3.20. The Kier molecular flexibility index (Phi) is 4.53. The van der Waals surface area contributed by atoms with Gasteiger partial charge in [0.2, 0.25) is 0 Å². The summed E-state index contributed by atoms with van der Waals surface area (Å²) >= 11 is 0. The van der Waals surface area contributed by atoms with Crippen LogP contribution >= 0.6 is 0 Å². The molecule has 0 spiro atoms. The van der Waals surface area contributed by atoms with Gasteiger partial charge in [-0.25, -0.2) is 4.98 Å². The molecule has 0 fully saturated rings. The van der Waals surface area contributed by atoms with Crippen LogP contribution in [0.2, 0.25) is 0 Å². The van der Waals surface area contributed by atoms with E-state index in [0.717, 1.165) is 12.2 Å². The second-order valence-corrected chi connectivity index (χ2v) is 4.57. The molecule has 96 valence electrons. The lowest BCUT2D eigenvalue weighted by Crippen LogP contribution is -2.04. The molecular formula is C15H21N3. The summed E-state index contributed by atoms with van der Waals surface area (Å²) in [5.74, 6) is 0. The van der Waals surface area contributed by atoms with Crippen molar-refractivity contribution in [2.45, 2.75) is 32.7 Å². The van der Waals surface area contributed by atoms with Crippen LogP contribution in [0.15, 0.2) is 36.8 Å². The van der Waals surface area contributed by atoms with E-state index < -0.39 is 0 Å². The second-order valence-electron chi connectivity index (χ2n) is 4.57. The molecule has 0 aliphatic heterocycles. The molecular weight excluding hydrogens is 222 g/mol. The highest BCUT2D eigenvalue weighted by Crippen LogP contribution is 2.12. The van der Waals surface area contributed by atoms with E-state index in [1.54, 1.807) is 0 Å². The highest BCUT2D eigenvalue weighted by atomic mass is 15.0. The van der Waals surface area contributed by atoms with Crippen LogP contribution in [-0.4, -0.2) is 16.6 Å². The smallest absolute Gasteiger partial charge is 0.0995 e. The highest BCUT2D eigenvalue weighted by molar-refractivity contribution is 5.35.